The summed E-state index contributed by atoms with van der Waals surface area (Å²) in [6.07, 6.45) is 1.53. The highest BCUT2D eigenvalue weighted by atomic mass is 35.5. The SMILES string of the molecule is Cc1ccc(NC(=O)N2CCCC(C)(C(=O)NCc3ccccc3)C2)c(Cl)c1. The van der Waals surface area contributed by atoms with E-state index < -0.39 is 5.41 Å². The fourth-order valence-corrected chi connectivity index (χ4v) is 3.79. The van der Waals surface area contributed by atoms with E-state index in [4.69, 9.17) is 11.6 Å². The Morgan fingerprint density at radius 3 is 2.64 bits per heavy atom. The summed E-state index contributed by atoms with van der Waals surface area (Å²) in [5, 5.41) is 6.39. The Kier molecular flexibility index (Phi) is 6.25. The van der Waals surface area contributed by atoms with Crippen molar-refractivity contribution < 1.29 is 9.59 Å². The third kappa shape index (κ3) is 4.84. The Morgan fingerprint density at radius 2 is 1.93 bits per heavy atom. The molecule has 1 unspecified atom stereocenters. The van der Waals surface area contributed by atoms with Crippen molar-refractivity contribution in [2.24, 2.45) is 5.41 Å². The molecule has 3 amide bonds. The first-order valence-electron chi connectivity index (χ1n) is 9.52. The second-order valence-corrected chi connectivity index (χ2v) is 8.07. The van der Waals surface area contributed by atoms with Crippen LogP contribution in [0.15, 0.2) is 48.5 Å². The maximum absolute atomic E-state index is 12.8. The van der Waals surface area contributed by atoms with Gasteiger partial charge in [-0.15, -0.1) is 0 Å². The quantitative estimate of drug-likeness (QED) is 0.789. The van der Waals surface area contributed by atoms with Crippen molar-refractivity contribution in [2.45, 2.75) is 33.2 Å². The van der Waals surface area contributed by atoms with E-state index in [1.807, 2.05) is 56.3 Å². The molecule has 6 heteroatoms. The molecule has 2 aromatic carbocycles. The van der Waals surface area contributed by atoms with Crippen LogP contribution in [0.25, 0.3) is 0 Å². The number of benzene rings is 2. The number of urea groups is 1. The van der Waals surface area contributed by atoms with Crippen LogP contribution in [0.5, 0.6) is 0 Å². The maximum Gasteiger partial charge on any atom is 0.321 e. The van der Waals surface area contributed by atoms with E-state index in [1.54, 1.807) is 11.0 Å². The van der Waals surface area contributed by atoms with Gasteiger partial charge in [-0.25, -0.2) is 4.79 Å². The van der Waals surface area contributed by atoms with Gasteiger partial charge in [0.1, 0.15) is 0 Å². The number of anilines is 1. The minimum atomic E-state index is -0.610. The fraction of sp³-hybridized carbons (Fsp3) is 0.364. The molecule has 0 saturated carbocycles. The zero-order chi connectivity index (χ0) is 20.1. The summed E-state index contributed by atoms with van der Waals surface area (Å²) in [5.74, 6) is -0.0257. The summed E-state index contributed by atoms with van der Waals surface area (Å²) in [7, 11) is 0. The average Bonchev–Trinajstić information content (AvgIpc) is 2.69. The Labute approximate surface area is 171 Å². The highest BCUT2D eigenvalue weighted by Crippen LogP contribution is 2.31. The van der Waals surface area contributed by atoms with Gasteiger partial charge in [-0.1, -0.05) is 48.0 Å². The first kappa shape index (κ1) is 20.2. The largest absolute Gasteiger partial charge is 0.351 e. The molecule has 28 heavy (non-hydrogen) atoms. The molecule has 1 fully saturated rings. The predicted molar refractivity (Wildman–Crippen MR) is 112 cm³/mol. The third-order valence-electron chi connectivity index (χ3n) is 5.19. The molecule has 1 aliphatic rings. The number of amides is 3. The van der Waals surface area contributed by atoms with E-state index in [-0.39, 0.29) is 11.9 Å². The van der Waals surface area contributed by atoms with Crippen LogP contribution in [0.2, 0.25) is 5.02 Å². The number of nitrogens with zero attached hydrogens (tertiary/aromatic N) is 1. The number of hydrogen-bond acceptors (Lipinski definition) is 2. The van der Waals surface area contributed by atoms with Crippen LogP contribution >= 0.6 is 11.6 Å². The smallest absolute Gasteiger partial charge is 0.321 e. The standard InChI is InChI=1S/C22H26ClN3O2/c1-16-9-10-19(18(23)13-16)25-21(28)26-12-6-11-22(2,15-26)20(27)24-14-17-7-4-3-5-8-17/h3-5,7-10,13H,6,11-12,14-15H2,1-2H3,(H,24,27)(H,25,28). The lowest BCUT2D eigenvalue weighted by Gasteiger charge is -2.39. The van der Waals surface area contributed by atoms with Crippen molar-refractivity contribution in [2.75, 3.05) is 18.4 Å². The molecule has 0 aromatic heterocycles. The van der Waals surface area contributed by atoms with Crippen molar-refractivity contribution in [3.63, 3.8) is 0 Å². The molecule has 3 rings (SSSR count). The highest BCUT2D eigenvalue weighted by Gasteiger charge is 2.39. The lowest BCUT2D eigenvalue weighted by molar-refractivity contribution is -0.132. The third-order valence-corrected chi connectivity index (χ3v) is 5.51. The number of rotatable bonds is 4. The van der Waals surface area contributed by atoms with Crippen LogP contribution in [-0.4, -0.2) is 29.9 Å². The molecule has 0 spiro atoms. The van der Waals surface area contributed by atoms with Crippen molar-refractivity contribution in [1.29, 1.82) is 0 Å². The molecule has 148 valence electrons. The maximum atomic E-state index is 12.8. The van der Waals surface area contributed by atoms with Crippen molar-refractivity contribution in [3.8, 4) is 0 Å². The lowest BCUT2D eigenvalue weighted by Crippen LogP contribution is -2.52. The van der Waals surface area contributed by atoms with Crippen LogP contribution < -0.4 is 10.6 Å². The van der Waals surface area contributed by atoms with Crippen LogP contribution in [0.1, 0.15) is 30.9 Å². The Bertz CT molecular complexity index is 856. The second-order valence-electron chi connectivity index (χ2n) is 7.67. The van der Waals surface area contributed by atoms with Gasteiger partial charge in [0.25, 0.3) is 0 Å². The Balaban J connectivity index is 1.61. The van der Waals surface area contributed by atoms with Crippen molar-refractivity contribution >= 4 is 29.2 Å². The molecule has 1 saturated heterocycles. The molecule has 0 aliphatic carbocycles. The Hall–Kier alpha value is -2.53. The van der Waals surface area contributed by atoms with E-state index in [1.165, 1.54) is 0 Å². The minimum Gasteiger partial charge on any atom is -0.351 e. The van der Waals surface area contributed by atoms with Gasteiger partial charge >= 0.3 is 6.03 Å². The highest BCUT2D eigenvalue weighted by molar-refractivity contribution is 6.33. The monoisotopic (exact) mass is 399 g/mol. The Morgan fingerprint density at radius 1 is 1.18 bits per heavy atom. The van der Waals surface area contributed by atoms with Gasteiger partial charge in [0.2, 0.25) is 5.91 Å². The first-order valence-corrected chi connectivity index (χ1v) is 9.89. The normalized spacial score (nSPS) is 19.2. The number of aryl methyl sites for hydroxylation is 1. The summed E-state index contributed by atoms with van der Waals surface area (Å²) in [5.41, 5.74) is 2.06. The summed E-state index contributed by atoms with van der Waals surface area (Å²) in [4.78, 5) is 27.2. The minimum absolute atomic E-state index is 0.0257. The summed E-state index contributed by atoms with van der Waals surface area (Å²) in [6, 6.07) is 15.1. The fourth-order valence-electron chi connectivity index (χ4n) is 3.51. The molecule has 1 heterocycles. The topological polar surface area (TPSA) is 61.4 Å². The van der Waals surface area contributed by atoms with Crippen molar-refractivity contribution in [3.05, 3.63) is 64.7 Å². The van der Waals surface area contributed by atoms with Gasteiger partial charge < -0.3 is 15.5 Å². The predicted octanol–water partition coefficient (Wildman–Crippen LogP) is 4.60. The van der Waals surface area contributed by atoms with Gasteiger partial charge in [0.05, 0.1) is 16.1 Å². The number of carbonyl (C=O) groups excluding carboxylic acids is 2. The van der Waals surface area contributed by atoms with Crippen LogP contribution in [0.3, 0.4) is 0 Å². The number of piperidine rings is 1. The van der Waals surface area contributed by atoms with E-state index in [0.29, 0.717) is 30.3 Å². The number of hydrogen-bond donors (Lipinski definition) is 2. The zero-order valence-electron chi connectivity index (χ0n) is 16.3. The average molecular weight is 400 g/mol. The molecule has 0 bridgehead atoms. The molecule has 1 aliphatic heterocycles. The lowest BCUT2D eigenvalue weighted by atomic mass is 9.81. The van der Waals surface area contributed by atoms with Gasteiger partial charge in [-0.2, -0.15) is 0 Å². The van der Waals surface area contributed by atoms with Gasteiger partial charge in [0.15, 0.2) is 0 Å². The molecular formula is C22H26ClN3O2. The van der Waals surface area contributed by atoms with Crippen molar-refractivity contribution in [1.82, 2.24) is 10.2 Å². The second kappa shape index (κ2) is 8.65. The summed E-state index contributed by atoms with van der Waals surface area (Å²) in [6.45, 7) is 5.35. The van der Waals surface area contributed by atoms with Gasteiger partial charge in [-0.3, -0.25) is 4.79 Å². The number of carbonyl (C=O) groups is 2. The van der Waals surface area contributed by atoms with Gasteiger partial charge in [-0.05, 0) is 49.9 Å². The first-order chi connectivity index (χ1) is 13.4. The number of halogens is 1. The number of likely N-dealkylation sites (tertiary alicyclic amines) is 1. The molecule has 2 N–H and O–H groups in total. The van der Waals surface area contributed by atoms with Crippen LogP contribution in [0, 0.1) is 12.3 Å². The summed E-state index contributed by atoms with van der Waals surface area (Å²) < 4.78 is 0. The number of nitrogens with one attached hydrogen (secondary N) is 2. The zero-order valence-corrected chi connectivity index (χ0v) is 17.1. The van der Waals surface area contributed by atoms with E-state index >= 15 is 0 Å². The van der Waals surface area contributed by atoms with E-state index in [0.717, 1.165) is 24.0 Å². The van der Waals surface area contributed by atoms with E-state index in [2.05, 4.69) is 10.6 Å². The van der Waals surface area contributed by atoms with Crippen LogP contribution in [-0.2, 0) is 11.3 Å². The molecular weight excluding hydrogens is 374 g/mol. The summed E-state index contributed by atoms with van der Waals surface area (Å²) >= 11 is 6.22. The van der Waals surface area contributed by atoms with Gasteiger partial charge in [0, 0.05) is 19.6 Å². The van der Waals surface area contributed by atoms with Crippen LogP contribution in [0.4, 0.5) is 10.5 Å². The molecule has 1 atom stereocenters. The molecule has 2 aromatic rings. The molecule has 0 radical (unpaired) electrons. The molecule has 5 nitrogen and oxygen atoms in total. The van der Waals surface area contributed by atoms with E-state index in [9.17, 15) is 9.59 Å².